The molecule has 1 saturated heterocycles. The van der Waals surface area contributed by atoms with Crippen LogP contribution in [0.4, 0.5) is 0 Å². The van der Waals surface area contributed by atoms with Crippen molar-refractivity contribution in [1.82, 2.24) is 0 Å². The summed E-state index contributed by atoms with van der Waals surface area (Å²) in [6.07, 6.45) is 11.8. The summed E-state index contributed by atoms with van der Waals surface area (Å²) < 4.78 is 48.7. The minimum absolute atomic E-state index is 0. The van der Waals surface area contributed by atoms with Crippen LogP contribution in [-0.4, -0.2) is 67.7 Å². The molecular weight excluding hydrogens is 507 g/mol. The Bertz CT molecular complexity index is 743. The first kappa shape index (κ1) is 34.9. The molecule has 1 rings (SSSR count). The van der Waals surface area contributed by atoms with Gasteiger partial charge in [0.2, 0.25) is 0 Å². The first-order valence-electron chi connectivity index (χ1n) is 12.2. The number of aliphatic hydroxyl groups excluding tert-OH is 1. The van der Waals surface area contributed by atoms with Gasteiger partial charge in [-0.25, -0.2) is 8.42 Å². The second kappa shape index (κ2) is 19.1. The Balaban J connectivity index is 0.0000116. The topological polar surface area (TPSA) is 156 Å². The van der Waals surface area contributed by atoms with Gasteiger partial charge in [-0.3, -0.25) is 14.4 Å². The van der Waals surface area contributed by atoms with E-state index in [9.17, 15) is 32.5 Å². The van der Waals surface area contributed by atoms with Crippen molar-refractivity contribution in [2.45, 2.75) is 95.6 Å². The molecule has 0 aromatic rings. The minimum Gasteiger partial charge on any atom is -0.747 e. The van der Waals surface area contributed by atoms with Crippen LogP contribution in [0.3, 0.4) is 0 Å². The van der Waals surface area contributed by atoms with E-state index in [-0.39, 0.29) is 57.8 Å². The van der Waals surface area contributed by atoms with Gasteiger partial charge in [-0.1, -0.05) is 71.1 Å². The number of esters is 3. The largest absolute Gasteiger partial charge is 1.00 e. The van der Waals surface area contributed by atoms with Crippen molar-refractivity contribution in [3.8, 4) is 0 Å². The Kier molecular flexibility index (Phi) is 19.0. The molecule has 198 valence electrons. The van der Waals surface area contributed by atoms with Crippen LogP contribution < -0.4 is 51.4 Å². The Morgan fingerprint density at radius 3 is 2.03 bits per heavy atom. The van der Waals surface area contributed by atoms with Gasteiger partial charge in [0.15, 0.2) is 5.25 Å². The molecule has 0 aliphatic carbocycles. The van der Waals surface area contributed by atoms with Crippen LogP contribution in [0.2, 0.25) is 0 Å². The molecule has 2 atom stereocenters. The molecule has 1 heterocycles. The molecule has 0 amide bonds. The van der Waals surface area contributed by atoms with Crippen molar-refractivity contribution in [3.05, 3.63) is 0 Å². The minimum atomic E-state index is -5.13. The molecule has 35 heavy (non-hydrogen) atoms. The van der Waals surface area contributed by atoms with Crippen molar-refractivity contribution in [2.24, 2.45) is 5.41 Å². The summed E-state index contributed by atoms with van der Waals surface area (Å²) in [5, 5.41) is 7.56. The third kappa shape index (κ3) is 15.0. The van der Waals surface area contributed by atoms with Crippen molar-refractivity contribution in [3.63, 3.8) is 0 Å². The standard InChI is InChI=1S/C23H40O10S.K/c1-2-3-4-5-6-7-8-9-10-11-12-13-20(25)31-16-23(15-24)17-32-21(26)14-19(34(28,29)30)22(27)33-18-23;/h19,24H,2-18H2,1H3,(H,28,29,30);/q;+1/p-1. The summed E-state index contributed by atoms with van der Waals surface area (Å²) in [6, 6.07) is 0. The summed E-state index contributed by atoms with van der Waals surface area (Å²) in [5.41, 5.74) is -1.44. The quantitative estimate of drug-likeness (QED) is 0.0889. The molecule has 0 radical (unpaired) electrons. The van der Waals surface area contributed by atoms with Gasteiger partial charge in [-0.05, 0) is 6.42 Å². The van der Waals surface area contributed by atoms with Gasteiger partial charge in [0, 0.05) is 6.42 Å². The molecule has 0 spiro atoms. The zero-order valence-electron chi connectivity index (χ0n) is 21.1. The fraction of sp³-hybridized carbons (Fsp3) is 0.870. The van der Waals surface area contributed by atoms with E-state index < -0.39 is 71.5 Å². The summed E-state index contributed by atoms with van der Waals surface area (Å²) in [4.78, 5) is 35.9. The Morgan fingerprint density at radius 1 is 1.00 bits per heavy atom. The zero-order valence-corrected chi connectivity index (χ0v) is 25.1. The van der Waals surface area contributed by atoms with Gasteiger partial charge in [-0.15, -0.1) is 0 Å². The summed E-state index contributed by atoms with van der Waals surface area (Å²) >= 11 is 0. The van der Waals surface area contributed by atoms with Crippen LogP contribution in [0.15, 0.2) is 0 Å². The van der Waals surface area contributed by atoms with E-state index in [0.29, 0.717) is 6.42 Å². The number of hydrogen-bond acceptors (Lipinski definition) is 10. The van der Waals surface area contributed by atoms with E-state index in [1.54, 1.807) is 0 Å². The molecule has 0 aromatic carbocycles. The van der Waals surface area contributed by atoms with Crippen molar-refractivity contribution in [2.75, 3.05) is 26.4 Å². The van der Waals surface area contributed by atoms with Crippen LogP contribution in [0, 0.1) is 5.41 Å². The maximum absolute atomic E-state index is 12.1. The van der Waals surface area contributed by atoms with E-state index in [4.69, 9.17) is 14.2 Å². The van der Waals surface area contributed by atoms with Gasteiger partial charge in [0.25, 0.3) is 0 Å². The van der Waals surface area contributed by atoms with Gasteiger partial charge in [0.05, 0.1) is 18.4 Å². The number of rotatable bonds is 16. The average molecular weight is 547 g/mol. The maximum Gasteiger partial charge on any atom is 1.00 e. The van der Waals surface area contributed by atoms with Crippen LogP contribution in [-0.2, 0) is 38.7 Å². The third-order valence-corrected chi connectivity index (χ3v) is 6.94. The molecule has 12 heteroatoms. The van der Waals surface area contributed by atoms with Crippen LogP contribution >= 0.6 is 0 Å². The second-order valence-corrected chi connectivity index (χ2v) is 10.6. The molecule has 0 saturated carbocycles. The van der Waals surface area contributed by atoms with Crippen molar-refractivity contribution in [1.29, 1.82) is 0 Å². The van der Waals surface area contributed by atoms with Crippen LogP contribution in [0.5, 0.6) is 0 Å². The molecule has 1 aliphatic heterocycles. The first-order chi connectivity index (χ1) is 16.1. The van der Waals surface area contributed by atoms with Gasteiger partial charge >= 0.3 is 69.3 Å². The first-order valence-corrected chi connectivity index (χ1v) is 13.6. The summed E-state index contributed by atoms with van der Waals surface area (Å²) in [5.74, 6) is -3.01. The SMILES string of the molecule is CCCCCCCCCCCCCC(=O)OCC1(CO)COC(=O)CC(S(=O)(=O)[O-])C(=O)OC1.[K+]. The van der Waals surface area contributed by atoms with Crippen LogP contribution in [0.25, 0.3) is 0 Å². The second-order valence-electron chi connectivity index (χ2n) is 9.06. The molecule has 2 unspecified atom stereocenters. The summed E-state index contributed by atoms with van der Waals surface area (Å²) in [7, 11) is -5.13. The van der Waals surface area contributed by atoms with E-state index in [0.717, 1.165) is 19.3 Å². The molecular formula is C23H39KO10S. The van der Waals surface area contributed by atoms with Crippen molar-refractivity contribution >= 4 is 28.0 Å². The fourth-order valence-electron chi connectivity index (χ4n) is 3.57. The Labute approximate surface area is 251 Å². The molecule has 1 N–H and O–H groups in total. The monoisotopic (exact) mass is 546 g/mol. The number of unbranched alkanes of at least 4 members (excludes halogenated alkanes) is 10. The molecule has 0 bridgehead atoms. The number of aliphatic hydroxyl groups is 1. The van der Waals surface area contributed by atoms with E-state index in [1.165, 1.54) is 44.9 Å². The number of carbonyl (C=O) groups excluding carboxylic acids is 3. The molecule has 0 aromatic heterocycles. The molecule has 1 fully saturated rings. The van der Waals surface area contributed by atoms with E-state index in [1.807, 2.05) is 0 Å². The zero-order chi connectivity index (χ0) is 25.5. The average Bonchev–Trinajstić information content (AvgIpc) is 2.85. The number of carbonyl (C=O) groups is 3. The normalized spacial score (nSPS) is 21.1. The Hall–Kier alpha value is -0.0836. The predicted molar refractivity (Wildman–Crippen MR) is 122 cm³/mol. The van der Waals surface area contributed by atoms with Gasteiger partial charge < -0.3 is 23.9 Å². The number of hydrogen-bond donors (Lipinski definition) is 1. The van der Waals surface area contributed by atoms with Crippen LogP contribution in [0.1, 0.15) is 90.4 Å². The number of ether oxygens (including phenoxy) is 3. The fourth-order valence-corrected chi connectivity index (χ4v) is 4.21. The van der Waals surface area contributed by atoms with E-state index >= 15 is 0 Å². The van der Waals surface area contributed by atoms with Gasteiger partial charge in [-0.2, -0.15) is 0 Å². The molecule has 1 aliphatic rings. The number of cyclic esters (lactones) is 2. The smallest absolute Gasteiger partial charge is 0.747 e. The maximum atomic E-state index is 12.1. The molecule has 10 nitrogen and oxygen atoms in total. The van der Waals surface area contributed by atoms with Gasteiger partial charge in [0.1, 0.15) is 29.9 Å². The Morgan fingerprint density at radius 2 is 1.51 bits per heavy atom. The third-order valence-electron chi connectivity index (χ3n) is 5.88. The van der Waals surface area contributed by atoms with Crippen molar-refractivity contribution < 1.29 is 98.1 Å². The van der Waals surface area contributed by atoms with E-state index in [2.05, 4.69) is 6.92 Å². The predicted octanol–water partition coefficient (Wildman–Crippen LogP) is -0.383. The summed E-state index contributed by atoms with van der Waals surface area (Å²) in [6.45, 7) is 0.110.